The van der Waals surface area contributed by atoms with Crippen molar-refractivity contribution >= 4 is 40.2 Å². The van der Waals surface area contributed by atoms with E-state index < -0.39 is 54.2 Å². The zero-order valence-electron chi connectivity index (χ0n) is 29.5. The minimum Gasteiger partial charge on any atom is -0.463 e. The summed E-state index contributed by atoms with van der Waals surface area (Å²) in [6.45, 7) is 6.85. The van der Waals surface area contributed by atoms with Crippen LogP contribution < -0.4 is 16.0 Å². The molecule has 272 valence electrons. The summed E-state index contributed by atoms with van der Waals surface area (Å²) in [7, 11) is 0. The van der Waals surface area contributed by atoms with E-state index in [1.54, 1.807) is 12.1 Å². The third-order valence-electron chi connectivity index (χ3n) is 8.83. The third kappa shape index (κ3) is 12.7. The zero-order chi connectivity index (χ0) is 37.1. The van der Waals surface area contributed by atoms with E-state index in [4.69, 9.17) is 4.74 Å². The molecule has 0 bridgehead atoms. The molecule has 4 atom stereocenters. The zero-order valence-corrected chi connectivity index (χ0v) is 29.5. The molecule has 0 aliphatic carbocycles. The van der Waals surface area contributed by atoms with Crippen LogP contribution in [0.4, 0.5) is 5.69 Å². The number of unbranched alkanes of at least 4 members (excludes halogenated alkanes) is 1. The van der Waals surface area contributed by atoms with Crippen LogP contribution in [-0.4, -0.2) is 54.1 Å². The molecule has 4 rings (SSSR count). The van der Waals surface area contributed by atoms with Crippen LogP contribution in [0.1, 0.15) is 43.2 Å². The molecule has 4 N–H and O–H groups in total. The number of carbonyl (C=O) groups excluding carboxylic acids is 4. The van der Waals surface area contributed by atoms with Gasteiger partial charge in [-0.25, -0.2) is 0 Å². The Morgan fingerprint density at radius 1 is 0.731 bits per heavy atom. The molecule has 9 nitrogen and oxygen atoms in total. The van der Waals surface area contributed by atoms with Gasteiger partial charge < -0.3 is 25.8 Å². The van der Waals surface area contributed by atoms with Gasteiger partial charge in [0.05, 0.1) is 24.5 Å². The summed E-state index contributed by atoms with van der Waals surface area (Å²) >= 11 is 0. The molecule has 0 aliphatic rings. The predicted molar refractivity (Wildman–Crippen MR) is 205 cm³/mol. The number of esters is 1. The summed E-state index contributed by atoms with van der Waals surface area (Å²) in [6.07, 6.45) is 6.23. The normalized spacial score (nSPS) is 13.2. The van der Waals surface area contributed by atoms with Crippen LogP contribution in [0.2, 0.25) is 0 Å². The van der Waals surface area contributed by atoms with Gasteiger partial charge in [-0.15, -0.1) is 13.2 Å². The van der Waals surface area contributed by atoms with E-state index >= 15 is 0 Å². The fourth-order valence-electron chi connectivity index (χ4n) is 6.02. The van der Waals surface area contributed by atoms with Crippen molar-refractivity contribution < 1.29 is 29.0 Å². The topological polar surface area (TPSA) is 134 Å². The van der Waals surface area contributed by atoms with Crippen molar-refractivity contribution in [3.05, 3.63) is 140 Å². The van der Waals surface area contributed by atoms with Gasteiger partial charge in [0.25, 0.3) is 5.91 Å². The maximum absolute atomic E-state index is 13.8. The lowest BCUT2D eigenvalue weighted by Gasteiger charge is -2.24. The number of aliphatic hydroxyl groups is 1. The first-order chi connectivity index (χ1) is 25.3. The third-order valence-corrected chi connectivity index (χ3v) is 8.83. The van der Waals surface area contributed by atoms with Crippen LogP contribution in [0.5, 0.6) is 0 Å². The van der Waals surface area contributed by atoms with Crippen molar-refractivity contribution in [1.82, 2.24) is 10.6 Å². The standard InChI is InChI=1S/C43H49N3O6/c1-3-5-8-22-36(25-31-16-9-6-10-17-31)43(51)52-30-39(42(50)45-37-24-23-33-20-13-14-21-34(33)27-37)46-41(49)35(15-4-2)28-40(48)44-38(29-47)26-32-18-11-7-12-19-32/h3-4,6-7,9-14,16-21,23-24,27,35-36,38-39,47H,1-2,5,8,15,22,25-26,28-30H2,(H,44,48)(H,45,50)(H,46,49)/t35-,36+,38-,39-/m0/s1. The molecule has 0 fully saturated rings. The highest BCUT2D eigenvalue weighted by Gasteiger charge is 2.30. The van der Waals surface area contributed by atoms with Gasteiger partial charge in [-0.1, -0.05) is 103 Å². The maximum Gasteiger partial charge on any atom is 0.309 e. The molecular weight excluding hydrogens is 654 g/mol. The Balaban J connectivity index is 1.48. The van der Waals surface area contributed by atoms with E-state index in [9.17, 15) is 24.3 Å². The van der Waals surface area contributed by atoms with Gasteiger partial charge >= 0.3 is 5.97 Å². The van der Waals surface area contributed by atoms with E-state index in [-0.39, 0.29) is 19.4 Å². The molecular formula is C43H49N3O6. The Labute approximate surface area is 306 Å². The molecule has 0 radical (unpaired) electrons. The summed E-state index contributed by atoms with van der Waals surface area (Å²) in [4.78, 5) is 54.1. The number of fused-ring (bicyclic) bond motifs is 1. The lowest BCUT2D eigenvalue weighted by atomic mass is 9.94. The fourth-order valence-corrected chi connectivity index (χ4v) is 6.02. The predicted octanol–water partition coefficient (Wildman–Crippen LogP) is 6.32. The van der Waals surface area contributed by atoms with Crippen LogP contribution >= 0.6 is 0 Å². The molecule has 0 aromatic heterocycles. The second kappa shape index (κ2) is 21.0. The molecule has 0 saturated heterocycles. The minimum absolute atomic E-state index is 0.156. The van der Waals surface area contributed by atoms with Crippen molar-refractivity contribution in [2.75, 3.05) is 18.5 Å². The summed E-state index contributed by atoms with van der Waals surface area (Å²) in [5, 5.41) is 20.3. The van der Waals surface area contributed by atoms with E-state index in [1.165, 1.54) is 6.08 Å². The molecule has 0 aliphatic heterocycles. The number of ether oxygens (including phenoxy) is 1. The number of amides is 3. The smallest absolute Gasteiger partial charge is 0.309 e. The first-order valence-electron chi connectivity index (χ1n) is 17.8. The lowest BCUT2D eigenvalue weighted by molar-refractivity contribution is -0.151. The van der Waals surface area contributed by atoms with Crippen LogP contribution in [0.25, 0.3) is 10.8 Å². The summed E-state index contributed by atoms with van der Waals surface area (Å²) < 4.78 is 5.78. The largest absolute Gasteiger partial charge is 0.463 e. The number of hydrogen-bond acceptors (Lipinski definition) is 6. The van der Waals surface area contributed by atoms with E-state index in [1.807, 2.05) is 97.1 Å². The summed E-state index contributed by atoms with van der Waals surface area (Å²) in [6, 6.07) is 30.5. The van der Waals surface area contributed by atoms with Crippen LogP contribution in [0.3, 0.4) is 0 Å². The Morgan fingerprint density at radius 2 is 1.38 bits per heavy atom. The first kappa shape index (κ1) is 39.2. The van der Waals surface area contributed by atoms with Crippen molar-refractivity contribution in [2.24, 2.45) is 11.8 Å². The molecule has 52 heavy (non-hydrogen) atoms. The highest BCUT2D eigenvalue weighted by atomic mass is 16.5. The molecule has 9 heteroatoms. The lowest BCUT2D eigenvalue weighted by Crippen LogP contribution is -2.50. The summed E-state index contributed by atoms with van der Waals surface area (Å²) in [5.41, 5.74) is 2.44. The molecule has 3 amide bonds. The van der Waals surface area contributed by atoms with Gasteiger partial charge in [0.1, 0.15) is 12.6 Å². The van der Waals surface area contributed by atoms with Crippen LogP contribution in [0.15, 0.2) is 128 Å². The second-order valence-corrected chi connectivity index (χ2v) is 12.9. The SMILES string of the molecule is C=CCCC[C@H](Cc1ccccc1)C(=O)OC[C@H](NC(=O)[C@@H](CC=C)CC(=O)N[C@H](CO)Cc1ccccc1)C(=O)Nc1ccc2ccccc2c1. The number of allylic oxidation sites excluding steroid dienone is 2. The highest BCUT2D eigenvalue weighted by Crippen LogP contribution is 2.21. The fraction of sp³-hybridized carbons (Fsp3) is 0.302. The Morgan fingerprint density at radius 3 is 2.04 bits per heavy atom. The van der Waals surface area contributed by atoms with Gasteiger partial charge in [0, 0.05) is 12.1 Å². The molecule has 0 spiro atoms. The minimum atomic E-state index is -1.26. The maximum atomic E-state index is 13.8. The second-order valence-electron chi connectivity index (χ2n) is 12.9. The van der Waals surface area contributed by atoms with Crippen LogP contribution in [-0.2, 0) is 36.8 Å². The van der Waals surface area contributed by atoms with Crippen LogP contribution in [0, 0.1) is 11.8 Å². The number of nitrogens with one attached hydrogen (secondary N) is 3. The van der Waals surface area contributed by atoms with E-state index in [0.717, 1.165) is 34.7 Å². The molecule has 4 aromatic rings. The quantitative estimate of drug-likeness (QED) is 0.0456. The van der Waals surface area contributed by atoms with Crippen molar-refractivity contribution in [1.29, 1.82) is 0 Å². The van der Waals surface area contributed by atoms with Gasteiger partial charge in [0.2, 0.25) is 11.8 Å². The first-order valence-corrected chi connectivity index (χ1v) is 17.8. The Kier molecular flexibility index (Phi) is 15.8. The van der Waals surface area contributed by atoms with Gasteiger partial charge in [-0.05, 0) is 72.6 Å². The Bertz CT molecular complexity index is 1780. The molecule has 0 saturated carbocycles. The summed E-state index contributed by atoms with van der Waals surface area (Å²) in [5.74, 6) is -3.38. The van der Waals surface area contributed by atoms with E-state index in [0.29, 0.717) is 24.9 Å². The average Bonchev–Trinajstić information content (AvgIpc) is 3.16. The van der Waals surface area contributed by atoms with Crippen molar-refractivity contribution in [3.8, 4) is 0 Å². The number of aliphatic hydroxyl groups excluding tert-OH is 1. The van der Waals surface area contributed by atoms with Crippen molar-refractivity contribution in [3.63, 3.8) is 0 Å². The molecule has 4 aromatic carbocycles. The number of benzene rings is 4. The van der Waals surface area contributed by atoms with E-state index in [2.05, 4.69) is 29.1 Å². The van der Waals surface area contributed by atoms with Gasteiger partial charge in [-0.2, -0.15) is 0 Å². The Hall–Kier alpha value is -5.54. The number of carbonyl (C=O) groups is 4. The highest BCUT2D eigenvalue weighted by molar-refractivity contribution is 5.99. The number of hydrogen-bond donors (Lipinski definition) is 4. The van der Waals surface area contributed by atoms with Gasteiger partial charge in [-0.3, -0.25) is 19.2 Å². The van der Waals surface area contributed by atoms with Gasteiger partial charge in [0.15, 0.2) is 0 Å². The average molecular weight is 704 g/mol. The number of anilines is 1. The van der Waals surface area contributed by atoms with Crippen molar-refractivity contribution in [2.45, 2.75) is 57.0 Å². The number of rotatable bonds is 21. The monoisotopic (exact) mass is 703 g/mol. The molecule has 0 heterocycles. The molecule has 0 unspecified atom stereocenters.